The summed E-state index contributed by atoms with van der Waals surface area (Å²) in [6, 6.07) is 3.88. The highest BCUT2D eigenvalue weighted by molar-refractivity contribution is 7.99. The highest BCUT2D eigenvalue weighted by Gasteiger charge is 2.22. The molecule has 0 saturated carbocycles. The molecule has 2 rings (SSSR count). The number of halogens is 3. The van der Waals surface area contributed by atoms with Crippen molar-refractivity contribution in [1.82, 2.24) is 5.32 Å². The molecule has 0 bridgehead atoms. The Hall–Kier alpha value is -1.05. The normalized spacial score (nSPS) is 18.6. The van der Waals surface area contributed by atoms with Gasteiger partial charge in [0.1, 0.15) is 5.75 Å². The van der Waals surface area contributed by atoms with Crippen LogP contribution < -0.4 is 15.4 Å². The first-order valence-corrected chi connectivity index (χ1v) is 6.96. The van der Waals surface area contributed by atoms with Gasteiger partial charge in [0.15, 0.2) is 0 Å². The lowest BCUT2D eigenvalue weighted by atomic mass is 10.2. The summed E-state index contributed by atoms with van der Waals surface area (Å²) in [6.07, 6.45) is 0. The van der Waals surface area contributed by atoms with E-state index in [4.69, 9.17) is 11.6 Å². The van der Waals surface area contributed by atoms with Gasteiger partial charge in [-0.05, 0) is 18.2 Å². The first kappa shape index (κ1) is 14.4. The molecule has 19 heavy (non-hydrogen) atoms. The maximum absolute atomic E-state index is 12.1. The Bertz CT molecular complexity index is 470. The molecule has 1 aromatic rings. The summed E-state index contributed by atoms with van der Waals surface area (Å²) in [5.41, 5.74) is 0.440. The summed E-state index contributed by atoms with van der Waals surface area (Å²) in [5, 5.41) is 5.71. The van der Waals surface area contributed by atoms with Gasteiger partial charge in [-0.3, -0.25) is 10.1 Å². The zero-order valence-electron chi connectivity index (χ0n) is 9.66. The van der Waals surface area contributed by atoms with E-state index in [1.54, 1.807) is 11.8 Å². The molecule has 2 N–H and O–H groups in total. The number of hydrogen-bond donors (Lipinski definition) is 2. The summed E-state index contributed by atoms with van der Waals surface area (Å²) in [6.45, 7) is -2.93. The predicted molar refractivity (Wildman–Crippen MR) is 71.0 cm³/mol. The highest BCUT2D eigenvalue weighted by Crippen LogP contribution is 2.29. The lowest BCUT2D eigenvalue weighted by Gasteiger charge is -2.12. The lowest BCUT2D eigenvalue weighted by Crippen LogP contribution is -2.37. The number of anilines is 1. The fourth-order valence-electron chi connectivity index (χ4n) is 1.56. The van der Waals surface area contributed by atoms with Crippen molar-refractivity contribution in [1.29, 1.82) is 0 Å². The van der Waals surface area contributed by atoms with Crippen LogP contribution in [0.15, 0.2) is 18.2 Å². The third kappa shape index (κ3) is 3.95. The van der Waals surface area contributed by atoms with Gasteiger partial charge in [0.2, 0.25) is 5.91 Å². The smallest absolute Gasteiger partial charge is 0.387 e. The SMILES string of the molecule is O=C(Nc1ccc(OC(F)F)c(Cl)c1)C1CSCN1. The zero-order valence-corrected chi connectivity index (χ0v) is 11.2. The topological polar surface area (TPSA) is 50.4 Å². The molecule has 1 unspecified atom stereocenters. The van der Waals surface area contributed by atoms with Crippen LogP contribution in [0.2, 0.25) is 5.02 Å². The maximum atomic E-state index is 12.1. The Balaban J connectivity index is 2.01. The van der Waals surface area contributed by atoms with Crippen LogP contribution in [-0.4, -0.2) is 30.2 Å². The number of thioether (sulfide) groups is 1. The molecule has 0 radical (unpaired) electrons. The lowest BCUT2D eigenvalue weighted by molar-refractivity contribution is -0.117. The number of carbonyl (C=O) groups excluding carboxylic acids is 1. The molecule has 4 nitrogen and oxygen atoms in total. The Labute approximate surface area is 117 Å². The number of amides is 1. The van der Waals surface area contributed by atoms with Crippen molar-refractivity contribution in [2.45, 2.75) is 12.7 Å². The molecule has 1 aliphatic rings. The second kappa shape index (κ2) is 6.40. The minimum absolute atomic E-state index is 0.0202. The first-order chi connectivity index (χ1) is 9.06. The molecule has 1 aromatic carbocycles. The average molecular weight is 309 g/mol. The van der Waals surface area contributed by atoms with Crippen LogP contribution in [0.3, 0.4) is 0 Å². The van der Waals surface area contributed by atoms with Crippen LogP contribution in [0, 0.1) is 0 Å². The minimum atomic E-state index is -2.93. The van der Waals surface area contributed by atoms with Gasteiger partial charge in [0, 0.05) is 17.3 Å². The molecule has 1 amide bonds. The second-order valence-electron chi connectivity index (χ2n) is 3.78. The molecule has 1 atom stereocenters. The van der Waals surface area contributed by atoms with Gasteiger partial charge < -0.3 is 10.1 Å². The number of hydrogen-bond acceptors (Lipinski definition) is 4. The van der Waals surface area contributed by atoms with Crippen LogP contribution in [0.5, 0.6) is 5.75 Å². The summed E-state index contributed by atoms with van der Waals surface area (Å²) in [7, 11) is 0. The van der Waals surface area contributed by atoms with Gasteiger partial charge in [0.05, 0.1) is 11.1 Å². The van der Waals surface area contributed by atoms with Crippen LogP contribution >= 0.6 is 23.4 Å². The van der Waals surface area contributed by atoms with Crippen LogP contribution in [-0.2, 0) is 4.79 Å². The molecule has 0 aromatic heterocycles. The standard InChI is InChI=1S/C11H11ClF2N2O2S/c12-7-3-6(1-2-9(7)18-11(13)14)16-10(17)8-4-19-5-15-8/h1-3,8,11,15H,4-5H2,(H,16,17). The molecule has 0 aliphatic carbocycles. The van der Waals surface area contributed by atoms with E-state index in [-0.39, 0.29) is 22.7 Å². The van der Waals surface area contributed by atoms with E-state index in [9.17, 15) is 13.6 Å². The van der Waals surface area contributed by atoms with Crippen LogP contribution in [0.4, 0.5) is 14.5 Å². The van der Waals surface area contributed by atoms with Gasteiger partial charge in [0.25, 0.3) is 0 Å². The van der Waals surface area contributed by atoms with E-state index in [0.717, 1.165) is 5.88 Å². The zero-order chi connectivity index (χ0) is 13.8. The summed E-state index contributed by atoms with van der Waals surface area (Å²) in [4.78, 5) is 11.8. The monoisotopic (exact) mass is 308 g/mol. The summed E-state index contributed by atoms with van der Waals surface area (Å²) >= 11 is 7.42. The van der Waals surface area contributed by atoms with Gasteiger partial charge in [-0.25, -0.2) is 0 Å². The fourth-order valence-corrected chi connectivity index (χ4v) is 2.73. The third-order valence-corrected chi connectivity index (χ3v) is 3.68. The first-order valence-electron chi connectivity index (χ1n) is 5.42. The van der Waals surface area contributed by atoms with E-state index >= 15 is 0 Å². The van der Waals surface area contributed by atoms with E-state index in [2.05, 4.69) is 15.4 Å². The van der Waals surface area contributed by atoms with Crippen molar-refractivity contribution in [2.24, 2.45) is 0 Å². The second-order valence-corrected chi connectivity index (χ2v) is 5.22. The third-order valence-electron chi connectivity index (χ3n) is 2.45. The number of rotatable bonds is 4. The molecule has 1 aliphatic heterocycles. The van der Waals surface area contributed by atoms with Gasteiger partial charge in [-0.15, -0.1) is 11.8 Å². The predicted octanol–water partition coefficient (Wildman–Crippen LogP) is 2.54. The molecular formula is C11H11ClF2N2O2S. The van der Waals surface area contributed by atoms with Gasteiger partial charge in [-0.1, -0.05) is 11.6 Å². The van der Waals surface area contributed by atoms with E-state index in [1.165, 1.54) is 18.2 Å². The maximum Gasteiger partial charge on any atom is 0.387 e. The number of benzene rings is 1. The van der Waals surface area contributed by atoms with Crippen molar-refractivity contribution in [3.05, 3.63) is 23.2 Å². The van der Waals surface area contributed by atoms with Crippen molar-refractivity contribution >= 4 is 35.0 Å². The largest absolute Gasteiger partial charge is 0.433 e. The molecule has 0 spiro atoms. The van der Waals surface area contributed by atoms with Crippen molar-refractivity contribution in [2.75, 3.05) is 16.9 Å². The Morgan fingerprint density at radius 2 is 2.37 bits per heavy atom. The average Bonchev–Trinajstić information content (AvgIpc) is 2.86. The molecule has 1 heterocycles. The van der Waals surface area contributed by atoms with Crippen LogP contribution in [0.25, 0.3) is 0 Å². The van der Waals surface area contributed by atoms with Gasteiger partial charge >= 0.3 is 6.61 Å². The molecule has 8 heteroatoms. The molecule has 104 valence electrons. The summed E-state index contributed by atoms with van der Waals surface area (Å²) in [5.74, 6) is 1.14. The number of carbonyl (C=O) groups is 1. The quantitative estimate of drug-likeness (QED) is 0.897. The minimum Gasteiger partial charge on any atom is -0.433 e. The van der Waals surface area contributed by atoms with Crippen molar-refractivity contribution in [3.63, 3.8) is 0 Å². The highest BCUT2D eigenvalue weighted by atomic mass is 35.5. The fraction of sp³-hybridized carbons (Fsp3) is 0.364. The van der Waals surface area contributed by atoms with E-state index in [0.29, 0.717) is 11.4 Å². The molecular weight excluding hydrogens is 298 g/mol. The van der Waals surface area contributed by atoms with Crippen molar-refractivity contribution in [3.8, 4) is 5.75 Å². The Morgan fingerprint density at radius 1 is 1.58 bits per heavy atom. The van der Waals surface area contributed by atoms with E-state index in [1.807, 2.05) is 0 Å². The number of nitrogens with one attached hydrogen (secondary N) is 2. The van der Waals surface area contributed by atoms with Crippen molar-refractivity contribution < 1.29 is 18.3 Å². The molecule has 1 saturated heterocycles. The molecule has 1 fully saturated rings. The Kier molecular flexibility index (Phi) is 4.84. The van der Waals surface area contributed by atoms with Gasteiger partial charge in [-0.2, -0.15) is 8.78 Å². The van der Waals surface area contributed by atoms with E-state index < -0.39 is 6.61 Å². The number of alkyl halides is 2. The number of ether oxygens (including phenoxy) is 1. The Morgan fingerprint density at radius 3 is 2.95 bits per heavy atom. The summed E-state index contributed by atoms with van der Waals surface area (Å²) < 4.78 is 28.3. The van der Waals surface area contributed by atoms with Crippen LogP contribution in [0.1, 0.15) is 0 Å².